The molecule has 3 N–H and O–H groups in total. The molecule has 2 rings (SSSR count). The second-order valence-electron chi connectivity index (χ2n) is 4.61. The minimum absolute atomic E-state index is 0.105. The molecule has 1 aromatic carbocycles. The third kappa shape index (κ3) is 3.01. The Labute approximate surface area is 107 Å². The van der Waals surface area contributed by atoms with Crippen LogP contribution in [0.25, 0.3) is 0 Å². The van der Waals surface area contributed by atoms with E-state index in [1.54, 1.807) is 24.3 Å². The van der Waals surface area contributed by atoms with Gasteiger partial charge in [0, 0.05) is 18.8 Å². The van der Waals surface area contributed by atoms with Crippen LogP contribution in [0.5, 0.6) is 0 Å². The van der Waals surface area contributed by atoms with Gasteiger partial charge in [0.1, 0.15) is 0 Å². The molecular weight excluding hydrogens is 252 g/mol. The summed E-state index contributed by atoms with van der Waals surface area (Å²) in [6.07, 6.45) is 0.811. The summed E-state index contributed by atoms with van der Waals surface area (Å²) in [6.45, 7) is 0.668. The maximum atomic E-state index is 12.2. The number of aliphatic hydroxyl groups is 1. The Hall–Kier alpha value is -1.11. The van der Waals surface area contributed by atoms with Crippen molar-refractivity contribution in [2.45, 2.75) is 24.7 Å². The lowest BCUT2D eigenvalue weighted by molar-refractivity contribution is 0.108. The molecule has 6 heteroatoms. The molecule has 100 valence electrons. The van der Waals surface area contributed by atoms with Crippen LogP contribution in [0.15, 0.2) is 24.3 Å². The Morgan fingerprint density at radius 2 is 2.11 bits per heavy atom. The minimum Gasteiger partial charge on any atom is -0.398 e. The number of anilines is 1. The highest BCUT2D eigenvalue weighted by atomic mass is 32.2. The fraction of sp³-hybridized carbons (Fsp3) is 0.500. The number of rotatable bonds is 3. The minimum atomic E-state index is -3.40. The average Bonchev–Trinajstić information content (AvgIpc) is 2.32. The summed E-state index contributed by atoms with van der Waals surface area (Å²) in [7, 11) is -3.40. The van der Waals surface area contributed by atoms with Gasteiger partial charge in [-0.15, -0.1) is 0 Å². The molecule has 5 nitrogen and oxygen atoms in total. The van der Waals surface area contributed by atoms with Crippen molar-refractivity contribution in [1.82, 2.24) is 4.31 Å². The van der Waals surface area contributed by atoms with E-state index in [4.69, 9.17) is 5.73 Å². The first-order valence-electron chi connectivity index (χ1n) is 5.98. The lowest BCUT2D eigenvalue weighted by Crippen LogP contribution is -2.42. The lowest BCUT2D eigenvalue weighted by atomic mass is 10.1. The predicted octanol–water partition coefficient (Wildman–Crippen LogP) is 0.555. The molecule has 1 fully saturated rings. The summed E-state index contributed by atoms with van der Waals surface area (Å²) in [4.78, 5) is 0. The molecule has 1 aliphatic rings. The molecule has 18 heavy (non-hydrogen) atoms. The lowest BCUT2D eigenvalue weighted by Gasteiger charge is -2.29. The van der Waals surface area contributed by atoms with Crippen molar-refractivity contribution >= 4 is 15.7 Å². The second-order valence-corrected chi connectivity index (χ2v) is 6.58. The van der Waals surface area contributed by atoms with Gasteiger partial charge in [-0.3, -0.25) is 0 Å². The first-order chi connectivity index (χ1) is 8.49. The second kappa shape index (κ2) is 5.26. The number of benzene rings is 1. The summed E-state index contributed by atoms with van der Waals surface area (Å²) in [5.41, 5.74) is 6.85. The van der Waals surface area contributed by atoms with E-state index < -0.39 is 16.1 Å². The third-order valence-electron chi connectivity index (χ3n) is 3.15. The van der Waals surface area contributed by atoms with Gasteiger partial charge in [-0.05, 0) is 24.5 Å². The van der Waals surface area contributed by atoms with Crippen LogP contribution in [0.2, 0.25) is 0 Å². The predicted molar refractivity (Wildman–Crippen MR) is 70.3 cm³/mol. The first-order valence-corrected chi connectivity index (χ1v) is 7.59. The number of hydrogen-bond acceptors (Lipinski definition) is 4. The molecule has 0 aliphatic carbocycles. The van der Waals surface area contributed by atoms with E-state index in [1.165, 1.54) is 4.31 Å². The molecule has 0 bridgehead atoms. The fourth-order valence-electron chi connectivity index (χ4n) is 2.13. The Morgan fingerprint density at radius 3 is 2.78 bits per heavy atom. The van der Waals surface area contributed by atoms with E-state index in [0.717, 1.165) is 0 Å². The zero-order valence-corrected chi connectivity index (χ0v) is 10.9. The van der Waals surface area contributed by atoms with Gasteiger partial charge in [-0.2, -0.15) is 4.31 Å². The first kappa shape index (κ1) is 13.3. The molecule has 0 spiro atoms. The average molecular weight is 270 g/mol. The quantitative estimate of drug-likeness (QED) is 0.786. The van der Waals surface area contributed by atoms with E-state index in [2.05, 4.69) is 0 Å². The van der Waals surface area contributed by atoms with Gasteiger partial charge in [0.15, 0.2) is 0 Å². The molecule has 1 saturated heterocycles. The van der Waals surface area contributed by atoms with Crippen LogP contribution in [0.3, 0.4) is 0 Å². The number of aliphatic hydroxyl groups excluding tert-OH is 1. The van der Waals surface area contributed by atoms with Crippen LogP contribution in [0.4, 0.5) is 5.69 Å². The van der Waals surface area contributed by atoms with Gasteiger partial charge in [-0.25, -0.2) is 8.42 Å². The highest BCUT2D eigenvalue weighted by Gasteiger charge is 2.28. The van der Waals surface area contributed by atoms with Gasteiger partial charge in [-0.1, -0.05) is 18.2 Å². The van der Waals surface area contributed by atoms with Gasteiger partial charge < -0.3 is 10.8 Å². The van der Waals surface area contributed by atoms with E-state index in [1.807, 2.05) is 0 Å². The van der Waals surface area contributed by atoms with Crippen LogP contribution < -0.4 is 5.73 Å². The largest absolute Gasteiger partial charge is 0.398 e. The van der Waals surface area contributed by atoms with Crippen molar-refractivity contribution < 1.29 is 13.5 Å². The molecule has 0 saturated carbocycles. The summed E-state index contributed by atoms with van der Waals surface area (Å²) in [6, 6.07) is 6.95. The Kier molecular flexibility index (Phi) is 3.89. The van der Waals surface area contributed by atoms with Crippen molar-refractivity contribution in [2.75, 3.05) is 18.8 Å². The number of nitrogens with zero attached hydrogens (tertiary/aromatic N) is 1. The van der Waals surface area contributed by atoms with Crippen LogP contribution in [-0.4, -0.2) is 37.0 Å². The number of nitrogen functional groups attached to an aromatic ring is 1. The van der Waals surface area contributed by atoms with Crippen LogP contribution in [0.1, 0.15) is 18.4 Å². The summed E-state index contributed by atoms with van der Waals surface area (Å²) in [5.74, 6) is -0.105. The smallest absolute Gasteiger partial charge is 0.218 e. The molecule has 0 radical (unpaired) electrons. The van der Waals surface area contributed by atoms with E-state index in [0.29, 0.717) is 30.6 Å². The number of para-hydroxylation sites is 1. The van der Waals surface area contributed by atoms with Gasteiger partial charge >= 0.3 is 0 Å². The van der Waals surface area contributed by atoms with Crippen molar-refractivity contribution in [3.63, 3.8) is 0 Å². The standard InChI is InChI=1S/C12H18N2O3S/c13-12-6-2-1-4-10(12)9-18(16,17)14-7-3-5-11(15)8-14/h1-2,4,6,11,15H,3,5,7-9,13H2/t11-/m0/s1. The number of sulfonamides is 1. The van der Waals surface area contributed by atoms with Crippen molar-refractivity contribution in [3.05, 3.63) is 29.8 Å². The van der Waals surface area contributed by atoms with Gasteiger partial charge in [0.05, 0.1) is 11.9 Å². The molecule has 0 aromatic heterocycles. The highest BCUT2D eigenvalue weighted by Crippen LogP contribution is 2.20. The van der Waals surface area contributed by atoms with Crippen molar-refractivity contribution in [1.29, 1.82) is 0 Å². The number of nitrogens with two attached hydrogens (primary N) is 1. The molecule has 1 aliphatic heterocycles. The van der Waals surface area contributed by atoms with Crippen LogP contribution in [-0.2, 0) is 15.8 Å². The maximum absolute atomic E-state index is 12.2. The molecule has 1 aromatic rings. The number of piperidine rings is 1. The molecular formula is C12H18N2O3S. The number of hydrogen-bond donors (Lipinski definition) is 2. The van der Waals surface area contributed by atoms with Crippen LogP contribution >= 0.6 is 0 Å². The summed E-state index contributed by atoms with van der Waals surface area (Å²) >= 11 is 0. The van der Waals surface area contributed by atoms with E-state index in [-0.39, 0.29) is 12.3 Å². The highest BCUT2D eigenvalue weighted by molar-refractivity contribution is 7.88. The fourth-order valence-corrected chi connectivity index (χ4v) is 3.77. The van der Waals surface area contributed by atoms with Gasteiger partial charge in [0.2, 0.25) is 10.0 Å². The Morgan fingerprint density at radius 1 is 1.39 bits per heavy atom. The normalized spacial score (nSPS) is 21.9. The molecule has 1 atom stereocenters. The van der Waals surface area contributed by atoms with E-state index in [9.17, 15) is 13.5 Å². The van der Waals surface area contributed by atoms with Gasteiger partial charge in [0.25, 0.3) is 0 Å². The maximum Gasteiger partial charge on any atom is 0.218 e. The zero-order valence-electron chi connectivity index (χ0n) is 10.1. The Balaban J connectivity index is 2.14. The third-order valence-corrected chi connectivity index (χ3v) is 4.94. The zero-order chi connectivity index (χ0) is 13.2. The summed E-state index contributed by atoms with van der Waals surface area (Å²) < 4.78 is 25.8. The number of β-amino-alcohol motifs (C(OH)–C–C–N with tert-alkyl or cyclic N) is 1. The molecule has 0 unspecified atom stereocenters. The Bertz CT molecular complexity index is 516. The topological polar surface area (TPSA) is 83.6 Å². The van der Waals surface area contributed by atoms with Crippen molar-refractivity contribution in [2.24, 2.45) is 0 Å². The molecule has 0 amide bonds. The SMILES string of the molecule is Nc1ccccc1CS(=O)(=O)N1CCC[C@H](O)C1. The van der Waals surface area contributed by atoms with Crippen LogP contribution in [0, 0.1) is 0 Å². The summed E-state index contributed by atoms with van der Waals surface area (Å²) in [5, 5.41) is 9.53. The van der Waals surface area contributed by atoms with E-state index >= 15 is 0 Å². The van der Waals surface area contributed by atoms with Crippen molar-refractivity contribution in [3.8, 4) is 0 Å². The monoisotopic (exact) mass is 270 g/mol. The molecule has 1 heterocycles.